The second kappa shape index (κ2) is 11.1. The standard InChI is InChI=1S/C26H27BrN4O2/c1-33-25-9-5-4-8-24(25)31-16-14-30(15-17-31)19-20-10-12-21(13-11-20)26(32)29-28-18-22-6-2-3-7-23(22)27/h2-13,18H,14-17,19H2,1H3,(H,29,32)/b28-18-. The third-order valence-corrected chi connectivity index (χ3v) is 6.42. The summed E-state index contributed by atoms with van der Waals surface area (Å²) in [5, 5.41) is 4.06. The number of methoxy groups -OCH3 is 1. The van der Waals surface area contributed by atoms with Crippen molar-refractivity contribution in [1.29, 1.82) is 0 Å². The van der Waals surface area contributed by atoms with Crippen molar-refractivity contribution in [3.05, 3.63) is 94.0 Å². The summed E-state index contributed by atoms with van der Waals surface area (Å²) in [4.78, 5) is 17.2. The van der Waals surface area contributed by atoms with Gasteiger partial charge >= 0.3 is 0 Å². The van der Waals surface area contributed by atoms with E-state index in [9.17, 15) is 4.79 Å². The fourth-order valence-electron chi connectivity index (χ4n) is 3.86. The molecular formula is C26H27BrN4O2. The van der Waals surface area contributed by atoms with Gasteiger partial charge in [-0.15, -0.1) is 0 Å². The van der Waals surface area contributed by atoms with Crippen LogP contribution >= 0.6 is 15.9 Å². The molecule has 0 aromatic heterocycles. The summed E-state index contributed by atoms with van der Waals surface area (Å²) in [7, 11) is 1.72. The molecule has 3 aromatic carbocycles. The molecule has 0 unspecified atom stereocenters. The number of rotatable bonds is 7. The molecular weight excluding hydrogens is 480 g/mol. The molecule has 4 rings (SSSR count). The van der Waals surface area contributed by atoms with Gasteiger partial charge in [0, 0.05) is 48.3 Å². The van der Waals surface area contributed by atoms with Crippen molar-refractivity contribution in [2.24, 2.45) is 5.10 Å². The van der Waals surface area contributed by atoms with Gasteiger partial charge in [0.25, 0.3) is 5.91 Å². The fraction of sp³-hybridized carbons (Fsp3) is 0.231. The van der Waals surface area contributed by atoms with E-state index in [1.807, 2.05) is 66.7 Å². The summed E-state index contributed by atoms with van der Waals surface area (Å²) in [6.07, 6.45) is 1.63. The molecule has 0 aliphatic carbocycles. The van der Waals surface area contributed by atoms with Crippen molar-refractivity contribution < 1.29 is 9.53 Å². The van der Waals surface area contributed by atoms with Crippen molar-refractivity contribution in [2.45, 2.75) is 6.54 Å². The SMILES string of the molecule is COc1ccccc1N1CCN(Cc2ccc(C(=O)N/N=C\c3ccccc3Br)cc2)CC1. The van der Waals surface area contributed by atoms with Crippen LogP contribution in [0.5, 0.6) is 5.75 Å². The van der Waals surface area contributed by atoms with E-state index >= 15 is 0 Å². The van der Waals surface area contributed by atoms with Crippen LogP contribution in [0.25, 0.3) is 0 Å². The third-order valence-electron chi connectivity index (χ3n) is 5.70. The summed E-state index contributed by atoms with van der Waals surface area (Å²) < 4.78 is 6.43. The van der Waals surface area contributed by atoms with Gasteiger partial charge in [0.15, 0.2) is 0 Å². The van der Waals surface area contributed by atoms with E-state index in [1.54, 1.807) is 13.3 Å². The number of halogens is 1. The minimum atomic E-state index is -0.227. The lowest BCUT2D eigenvalue weighted by atomic mass is 10.1. The molecule has 1 aliphatic heterocycles. The summed E-state index contributed by atoms with van der Waals surface area (Å²) >= 11 is 3.46. The molecule has 3 aromatic rings. The highest BCUT2D eigenvalue weighted by Gasteiger charge is 2.19. The number of hydrogen-bond acceptors (Lipinski definition) is 5. The number of para-hydroxylation sites is 2. The molecule has 7 heteroatoms. The number of piperazine rings is 1. The van der Waals surface area contributed by atoms with E-state index in [0.717, 1.165) is 54.2 Å². The number of amides is 1. The van der Waals surface area contributed by atoms with Crippen LogP contribution in [0.4, 0.5) is 5.69 Å². The Kier molecular flexibility index (Phi) is 7.75. The van der Waals surface area contributed by atoms with Crippen LogP contribution in [0.3, 0.4) is 0 Å². The van der Waals surface area contributed by atoms with E-state index in [-0.39, 0.29) is 5.91 Å². The molecule has 0 saturated carbocycles. The summed E-state index contributed by atoms with van der Waals surface area (Å²) in [5.74, 6) is 0.691. The van der Waals surface area contributed by atoms with Crippen LogP contribution in [0, 0.1) is 0 Å². The highest BCUT2D eigenvalue weighted by molar-refractivity contribution is 9.10. The number of ether oxygens (including phenoxy) is 1. The van der Waals surface area contributed by atoms with Crippen LogP contribution in [0.15, 0.2) is 82.4 Å². The molecule has 0 spiro atoms. The van der Waals surface area contributed by atoms with Gasteiger partial charge in [0.1, 0.15) is 5.75 Å². The maximum absolute atomic E-state index is 12.4. The van der Waals surface area contributed by atoms with Gasteiger partial charge in [-0.25, -0.2) is 5.43 Å². The minimum absolute atomic E-state index is 0.227. The van der Waals surface area contributed by atoms with Crippen LogP contribution < -0.4 is 15.1 Å². The second-order valence-electron chi connectivity index (χ2n) is 7.85. The number of nitrogens with one attached hydrogen (secondary N) is 1. The van der Waals surface area contributed by atoms with Gasteiger partial charge < -0.3 is 9.64 Å². The topological polar surface area (TPSA) is 57.2 Å². The maximum atomic E-state index is 12.4. The zero-order chi connectivity index (χ0) is 23.0. The average molecular weight is 507 g/mol. The number of anilines is 1. The third kappa shape index (κ3) is 6.00. The van der Waals surface area contributed by atoms with Gasteiger partial charge in [-0.2, -0.15) is 5.10 Å². The van der Waals surface area contributed by atoms with Crippen LogP contribution in [-0.2, 0) is 6.54 Å². The molecule has 0 bridgehead atoms. The largest absolute Gasteiger partial charge is 0.495 e. The Bertz CT molecular complexity index is 1110. The van der Waals surface area contributed by atoms with E-state index in [4.69, 9.17) is 4.74 Å². The Morgan fingerprint density at radius 2 is 1.70 bits per heavy atom. The van der Waals surface area contributed by atoms with Gasteiger partial charge in [-0.1, -0.05) is 58.4 Å². The molecule has 6 nitrogen and oxygen atoms in total. The Morgan fingerprint density at radius 3 is 2.42 bits per heavy atom. The first kappa shape index (κ1) is 23.0. The first-order chi connectivity index (χ1) is 16.1. The number of nitrogens with zero attached hydrogens (tertiary/aromatic N) is 3. The molecule has 0 atom stereocenters. The molecule has 1 heterocycles. The normalized spacial score (nSPS) is 14.4. The van der Waals surface area contributed by atoms with E-state index in [0.29, 0.717) is 5.56 Å². The highest BCUT2D eigenvalue weighted by Crippen LogP contribution is 2.28. The van der Waals surface area contributed by atoms with Crippen molar-refractivity contribution in [2.75, 3.05) is 38.2 Å². The lowest BCUT2D eigenvalue weighted by Gasteiger charge is -2.36. The molecule has 1 amide bonds. The smallest absolute Gasteiger partial charge is 0.271 e. The zero-order valence-electron chi connectivity index (χ0n) is 18.6. The first-order valence-electron chi connectivity index (χ1n) is 10.9. The van der Waals surface area contributed by atoms with Gasteiger partial charge in [0.05, 0.1) is 19.0 Å². The Balaban J connectivity index is 1.27. The number of benzene rings is 3. The van der Waals surface area contributed by atoms with Gasteiger partial charge in [0.2, 0.25) is 0 Å². The van der Waals surface area contributed by atoms with Gasteiger partial charge in [-0.05, 0) is 35.9 Å². The molecule has 1 aliphatic rings. The van der Waals surface area contributed by atoms with Crippen molar-refractivity contribution in [3.63, 3.8) is 0 Å². The summed E-state index contributed by atoms with van der Waals surface area (Å²) in [6.45, 7) is 4.72. The monoisotopic (exact) mass is 506 g/mol. The summed E-state index contributed by atoms with van der Waals surface area (Å²) in [6, 6.07) is 23.6. The lowest BCUT2D eigenvalue weighted by Crippen LogP contribution is -2.46. The van der Waals surface area contributed by atoms with Crippen LogP contribution in [-0.4, -0.2) is 50.3 Å². The average Bonchev–Trinajstić information content (AvgIpc) is 2.86. The molecule has 0 radical (unpaired) electrons. The van der Waals surface area contributed by atoms with E-state index < -0.39 is 0 Å². The molecule has 1 N–H and O–H groups in total. The first-order valence-corrected chi connectivity index (χ1v) is 11.7. The molecule has 1 saturated heterocycles. The number of hydrogen-bond donors (Lipinski definition) is 1. The van der Waals surface area contributed by atoms with Crippen LogP contribution in [0.1, 0.15) is 21.5 Å². The Labute approximate surface area is 203 Å². The quantitative estimate of drug-likeness (QED) is 0.377. The summed E-state index contributed by atoms with van der Waals surface area (Å²) in [5.41, 5.74) is 6.42. The highest BCUT2D eigenvalue weighted by atomic mass is 79.9. The van der Waals surface area contributed by atoms with Crippen molar-refractivity contribution in [1.82, 2.24) is 10.3 Å². The van der Waals surface area contributed by atoms with E-state index in [1.165, 1.54) is 5.56 Å². The van der Waals surface area contributed by atoms with Crippen molar-refractivity contribution >= 4 is 33.7 Å². The number of hydrazone groups is 1. The lowest BCUT2D eigenvalue weighted by molar-refractivity contribution is 0.0955. The van der Waals surface area contributed by atoms with Crippen molar-refractivity contribution in [3.8, 4) is 5.75 Å². The predicted octanol–water partition coefficient (Wildman–Crippen LogP) is 4.54. The predicted molar refractivity (Wildman–Crippen MR) is 136 cm³/mol. The van der Waals surface area contributed by atoms with Gasteiger partial charge in [-0.3, -0.25) is 9.69 Å². The fourth-order valence-corrected chi connectivity index (χ4v) is 4.25. The second-order valence-corrected chi connectivity index (χ2v) is 8.71. The Hall–Kier alpha value is -3.16. The number of carbonyl (C=O) groups excluding carboxylic acids is 1. The molecule has 1 fully saturated rings. The maximum Gasteiger partial charge on any atom is 0.271 e. The number of carbonyl (C=O) groups is 1. The van der Waals surface area contributed by atoms with E-state index in [2.05, 4.69) is 42.3 Å². The van der Waals surface area contributed by atoms with Crippen LogP contribution in [0.2, 0.25) is 0 Å². The zero-order valence-corrected chi connectivity index (χ0v) is 20.2. The molecule has 170 valence electrons. The Morgan fingerprint density at radius 1 is 1.00 bits per heavy atom. The minimum Gasteiger partial charge on any atom is -0.495 e. The molecule has 33 heavy (non-hydrogen) atoms.